The van der Waals surface area contributed by atoms with E-state index in [0.717, 1.165) is 28.3 Å². The van der Waals surface area contributed by atoms with Crippen molar-refractivity contribution in [2.75, 3.05) is 18.2 Å². The standard InChI is InChI=1S/C19H21N3OS/c1-14-8-10-15(11-9-14)21(2)19(23)12-22-17-7-5-4-6-16(17)20-18(22)13-24-3/h4-11H,12-13H2,1-3H3. The zero-order chi connectivity index (χ0) is 17.1. The molecule has 4 nitrogen and oxygen atoms in total. The van der Waals surface area contributed by atoms with E-state index in [4.69, 9.17) is 0 Å². The predicted molar refractivity (Wildman–Crippen MR) is 102 cm³/mol. The molecule has 5 heteroatoms. The van der Waals surface area contributed by atoms with Crippen molar-refractivity contribution >= 4 is 34.4 Å². The van der Waals surface area contributed by atoms with Gasteiger partial charge in [-0.2, -0.15) is 11.8 Å². The zero-order valence-electron chi connectivity index (χ0n) is 14.2. The van der Waals surface area contributed by atoms with Crippen molar-refractivity contribution in [2.24, 2.45) is 0 Å². The van der Waals surface area contributed by atoms with Gasteiger partial charge in [0, 0.05) is 12.7 Å². The summed E-state index contributed by atoms with van der Waals surface area (Å²) in [5.74, 6) is 1.77. The number of likely N-dealkylation sites (N-methyl/N-ethyl adjacent to an activating group) is 1. The molecule has 0 fully saturated rings. The number of amides is 1. The van der Waals surface area contributed by atoms with Crippen molar-refractivity contribution in [3.8, 4) is 0 Å². The quantitative estimate of drug-likeness (QED) is 0.708. The molecular formula is C19H21N3OS. The van der Waals surface area contributed by atoms with Crippen LogP contribution < -0.4 is 4.90 Å². The number of para-hydroxylation sites is 2. The second kappa shape index (κ2) is 7.09. The van der Waals surface area contributed by atoms with E-state index in [1.807, 2.05) is 73.3 Å². The average molecular weight is 339 g/mol. The Morgan fingerprint density at radius 2 is 1.88 bits per heavy atom. The van der Waals surface area contributed by atoms with Crippen LogP contribution in [0.25, 0.3) is 11.0 Å². The fourth-order valence-corrected chi connectivity index (χ4v) is 3.17. The lowest BCUT2D eigenvalue weighted by molar-refractivity contribution is -0.118. The molecule has 0 unspecified atom stereocenters. The van der Waals surface area contributed by atoms with Crippen LogP contribution in [0.2, 0.25) is 0 Å². The Bertz CT molecular complexity index is 855. The molecule has 0 aliphatic rings. The monoisotopic (exact) mass is 339 g/mol. The third kappa shape index (κ3) is 3.31. The van der Waals surface area contributed by atoms with Gasteiger partial charge < -0.3 is 9.47 Å². The SMILES string of the molecule is CSCc1nc2ccccc2n1CC(=O)N(C)c1ccc(C)cc1. The van der Waals surface area contributed by atoms with Gasteiger partial charge in [-0.05, 0) is 37.4 Å². The lowest BCUT2D eigenvalue weighted by Crippen LogP contribution is -2.30. The highest BCUT2D eigenvalue weighted by molar-refractivity contribution is 7.97. The van der Waals surface area contributed by atoms with E-state index in [1.165, 1.54) is 5.56 Å². The highest BCUT2D eigenvalue weighted by atomic mass is 32.2. The van der Waals surface area contributed by atoms with Crippen molar-refractivity contribution < 1.29 is 4.79 Å². The van der Waals surface area contributed by atoms with Crippen molar-refractivity contribution in [3.63, 3.8) is 0 Å². The second-order valence-corrected chi connectivity index (χ2v) is 6.69. The number of fused-ring (bicyclic) bond motifs is 1. The topological polar surface area (TPSA) is 38.1 Å². The Morgan fingerprint density at radius 3 is 2.58 bits per heavy atom. The molecule has 1 aromatic heterocycles. The van der Waals surface area contributed by atoms with Crippen LogP contribution in [0.15, 0.2) is 48.5 Å². The van der Waals surface area contributed by atoms with Gasteiger partial charge >= 0.3 is 0 Å². The molecule has 3 rings (SSSR count). The summed E-state index contributed by atoms with van der Waals surface area (Å²) in [4.78, 5) is 19.1. The van der Waals surface area contributed by atoms with E-state index in [9.17, 15) is 4.79 Å². The minimum Gasteiger partial charge on any atom is -0.318 e. The molecule has 124 valence electrons. The fourth-order valence-electron chi connectivity index (χ4n) is 2.69. The molecular weight excluding hydrogens is 318 g/mol. The van der Waals surface area contributed by atoms with Gasteiger partial charge in [0.05, 0.1) is 16.8 Å². The molecule has 2 aromatic carbocycles. The second-order valence-electron chi connectivity index (χ2n) is 5.82. The maximum Gasteiger partial charge on any atom is 0.246 e. The first-order chi connectivity index (χ1) is 11.6. The molecule has 0 aliphatic carbocycles. The third-order valence-corrected chi connectivity index (χ3v) is 4.64. The van der Waals surface area contributed by atoms with Crippen LogP contribution in [0, 0.1) is 6.92 Å². The number of aromatic nitrogens is 2. The summed E-state index contributed by atoms with van der Waals surface area (Å²) in [6.07, 6.45) is 2.05. The minimum absolute atomic E-state index is 0.0457. The first kappa shape index (κ1) is 16.6. The van der Waals surface area contributed by atoms with Crippen molar-refractivity contribution in [3.05, 3.63) is 59.9 Å². The summed E-state index contributed by atoms with van der Waals surface area (Å²) in [6.45, 7) is 2.33. The van der Waals surface area contributed by atoms with E-state index < -0.39 is 0 Å². The Hall–Kier alpha value is -2.27. The summed E-state index contributed by atoms with van der Waals surface area (Å²) in [5.41, 5.74) is 4.03. The number of aryl methyl sites for hydroxylation is 1. The summed E-state index contributed by atoms with van der Waals surface area (Å²) in [5, 5.41) is 0. The van der Waals surface area contributed by atoms with Gasteiger partial charge in [0.25, 0.3) is 0 Å². The largest absolute Gasteiger partial charge is 0.318 e. The Labute approximate surface area is 146 Å². The lowest BCUT2D eigenvalue weighted by atomic mass is 10.2. The normalized spacial score (nSPS) is 11.0. The number of carbonyl (C=O) groups is 1. The van der Waals surface area contributed by atoms with Crippen molar-refractivity contribution in [2.45, 2.75) is 19.2 Å². The summed E-state index contributed by atoms with van der Waals surface area (Å²) >= 11 is 1.71. The summed E-state index contributed by atoms with van der Waals surface area (Å²) in [6, 6.07) is 16.0. The molecule has 3 aromatic rings. The van der Waals surface area contributed by atoms with Crippen LogP contribution in [0.3, 0.4) is 0 Å². The molecule has 0 atom stereocenters. The van der Waals surface area contributed by atoms with Gasteiger partial charge in [0.2, 0.25) is 5.91 Å². The van der Waals surface area contributed by atoms with Gasteiger partial charge in [-0.15, -0.1) is 0 Å². The number of imidazole rings is 1. The van der Waals surface area contributed by atoms with Crippen molar-refractivity contribution in [1.82, 2.24) is 9.55 Å². The van der Waals surface area contributed by atoms with Crippen LogP contribution in [0.4, 0.5) is 5.69 Å². The number of nitrogens with zero attached hydrogens (tertiary/aromatic N) is 3. The van der Waals surface area contributed by atoms with E-state index in [-0.39, 0.29) is 5.91 Å². The number of hydrogen-bond acceptors (Lipinski definition) is 3. The number of thioether (sulfide) groups is 1. The molecule has 1 amide bonds. The first-order valence-corrected chi connectivity index (χ1v) is 9.26. The van der Waals surface area contributed by atoms with Gasteiger partial charge in [-0.1, -0.05) is 29.8 Å². The van der Waals surface area contributed by atoms with Crippen LogP contribution >= 0.6 is 11.8 Å². The number of carbonyl (C=O) groups excluding carboxylic acids is 1. The number of anilines is 1. The van der Waals surface area contributed by atoms with E-state index in [2.05, 4.69) is 4.98 Å². The molecule has 0 N–H and O–H groups in total. The Balaban J connectivity index is 1.89. The molecule has 0 radical (unpaired) electrons. The molecule has 0 saturated heterocycles. The molecule has 0 saturated carbocycles. The molecule has 0 aliphatic heterocycles. The number of rotatable bonds is 5. The van der Waals surface area contributed by atoms with Crippen LogP contribution in [-0.2, 0) is 17.1 Å². The summed E-state index contributed by atoms with van der Waals surface area (Å²) in [7, 11) is 1.82. The minimum atomic E-state index is 0.0457. The number of benzene rings is 2. The van der Waals surface area contributed by atoms with E-state index in [0.29, 0.717) is 6.54 Å². The maximum atomic E-state index is 12.8. The molecule has 24 heavy (non-hydrogen) atoms. The fraction of sp³-hybridized carbons (Fsp3) is 0.263. The summed E-state index contributed by atoms with van der Waals surface area (Å²) < 4.78 is 2.03. The van der Waals surface area contributed by atoms with E-state index >= 15 is 0 Å². The highest BCUT2D eigenvalue weighted by Crippen LogP contribution is 2.20. The van der Waals surface area contributed by atoms with Crippen LogP contribution in [0.5, 0.6) is 0 Å². The molecule has 0 bridgehead atoms. The highest BCUT2D eigenvalue weighted by Gasteiger charge is 2.16. The lowest BCUT2D eigenvalue weighted by Gasteiger charge is -2.19. The van der Waals surface area contributed by atoms with Gasteiger partial charge in [0.1, 0.15) is 12.4 Å². The van der Waals surface area contributed by atoms with Crippen LogP contribution in [-0.4, -0.2) is 28.8 Å². The Morgan fingerprint density at radius 1 is 1.17 bits per heavy atom. The van der Waals surface area contributed by atoms with Gasteiger partial charge in [-0.25, -0.2) is 4.98 Å². The van der Waals surface area contributed by atoms with Gasteiger partial charge in [-0.3, -0.25) is 4.79 Å². The van der Waals surface area contributed by atoms with Gasteiger partial charge in [0.15, 0.2) is 0 Å². The molecule has 1 heterocycles. The van der Waals surface area contributed by atoms with E-state index in [1.54, 1.807) is 16.7 Å². The first-order valence-electron chi connectivity index (χ1n) is 7.86. The zero-order valence-corrected chi connectivity index (χ0v) is 15.0. The number of hydrogen-bond donors (Lipinski definition) is 0. The smallest absolute Gasteiger partial charge is 0.246 e. The third-order valence-electron chi connectivity index (χ3n) is 4.10. The Kier molecular flexibility index (Phi) is 4.90. The molecule has 0 spiro atoms. The predicted octanol–water partition coefficient (Wildman–Crippen LogP) is 3.87. The van der Waals surface area contributed by atoms with Crippen molar-refractivity contribution in [1.29, 1.82) is 0 Å². The average Bonchev–Trinajstić information content (AvgIpc) is 2.93. The van der Waals surface area contributed by atoms with Crippen LogP contribution in [0.1, 0.15) is 11.4 Å². The maximum absolute atomic E-state index is 12.8.